The average molecular weight is 603 g/mol. The normalized spacial score (nSPS) is 14.8. The third kappa shape index (κ3) is 7.96. The Morgan fingerprint density at radius 2 is 1.64 bits per heavy atom. The summed E-state index contributed by atoms with van der Waals surface area (Å²) in [7, 11) is 1.50. The van der Waals surface area contributed by atoms with Crippen molar-refractivity contribution in [2.24, 2.45) is 5.16 Å². The second-order valence-corrected chi connectivity index (χ2v) is 11.3. The highest BCUT2D eigenvalue weighted by molar-refractivity contribution is 6.13. The summed E-state index contributed by atoms with van der Waals surface area (Å²) < 4.78 is 16.8. The van der Waals surface area contributed by atoms with Crippen LogP contribution in [-0.2, 0) is 30.9 Å². The Labute approximate surface area is 259 Å². The molecular weight excluding hydrogens is 560 g/mol. The molecule has 9 nitrogen and oxygen atoms in total. The van der Waals surface area contributed by atoms with Gasteiger partial charge in [0, 0.05) is 36.4 Å². The summed E-state index contributed by atoms with van der Waals surface area (Å²) in [5, 5.41) is 13.6. The summed E-state index contributed by atoms with van der Waals surface area (Å²) in [6, 6.07) is 20.7. The fourth-order valence-corrected chi connectivity index (χ4v) is 5.39. The number of hydrogen-bond acceptors (Lipinski definition) is 8. The first-order valence-electron chi connectivity index (χ1n) is 15.0. The molecule has 0 fully saturated rings. The van der Waals surface area contributed by atoms with Crippen molar-refractivity contribution in [1.82, 2.24) is 0 Å². The number of hydrogen-bond donors (Lipinski definition) is 1. The highest BCUT2D eigenvalue weighted by Crippen LogP contribution is 2.40. The highest BCUT2D eigenvalue weighted by Gasteiger charge is 2.32. The van der Waals surface area contributed by atoms with Crippen LogP contribution < -0.4 is 9.64 Å². The molecule has 0 radical (unpaired) electrons. The first-order valence-corrected chi connectivity index (χ1v) is 15.0. The third-order valence-electron chi connectivity index (χ3n) is 7.83. The molecule has 0 amide bonds. The van der Waals surface area contributed by atoms with E-state index in [-0.39, 0.29) is 16.9 Å². The van der Waals surface area contributed by atoms with Gasteiger partial charge in [-0.25, -0.2) is 9.59 Å². The number of anilines is 1. The molecule has 0 saturated carbocycles. The lowest BCUT2D eigenvalue weighted by Gasteiger charge is -2.40. The van der Waals surface area contributed by atoms with Gasteiger partial charge >= 0.3 is 11.9 Å². The SMILES string of the molecule is CCOC(=O)[C@H](Cc1ccc(OCCN2CCC(C)(C)c3cc(/C(=N/OC)c4ccc(C(=O)O)cc4)ccc32)cc1)OCC. The first-order chi connectivity index (χ1) is 21.2. The fraction of sp³-hybridized carbons (Fsp3) is 0.400. The van der Waals surface area contributed by atoms with Crippen molar-refractivity contribution < 1.29 is 33.7 Å². The molecule has 0 bridgehead atoms. The summed E-state index contributed by atoms with van der Waals surface area (Å²) in [4.78, 5) is 31.0. The van der Waals surface area contributed by atoms with Crippen LogP contribution in [0.1, 0.15) is 66.7 Å². The van der Waals surface area contributed by atoms with E-state index < -0.39 is 12.1 Å². The minimum absolute atomic E-state index is 0.0488. The van der Waals surface area contributed by atoms with Gasteiger partial charge in [0.05, 0.1) is 18.7 Å². The number of oxime groups is 1. The molecule has 0 unspecified atom stereocenters. The van der Waals surface area contributed by atoms with Gasteiger partial charge in [-0.2, -0.15) is 0 Å². The molecule has 1 aliphatic heterocycles. The van der Waals surface area contributed by atoms with E-state index in [1.165, 1.54) is 12.7 Å². The van der Waals surface area contributed by atoms with Gasteiger partial charge in [0.25, 0.3) is 0 Å². The van der Waals surface area contributed by atoms with Gasteiger partial charge in [-0.1, -0.05) is 49.3 Å². The van der Waals surface area contributed by atoms with E-state index in [9.17, 15) is 14.7 Å². The van der Waals surface area contributed by atoms with Gasteiger partial charge in [-0.15, -0.1) is 0 Å². The Bertz CT molecular complexity index is 1450. The van der Waals surface area contributed by atoms with Gasteiger partial charge in [0.15, 0.2) is 6.10 Å². The topological polar surface area (TPSA) is 107 Å². The van der Waals surface area contributed by atoms with Crippen LogP contribution in [0.15, 0.2) is 71.9 Å². The number of carbonyl (C=O) groups excluding carboxylic acids is 1. The number of carbonyl (C=O) groups is 2. The average Bonchev–Trinajstić information content (AvgIpc) is 3.01. The minimum atomic E-state index is -0.972. The van der Waals surface area contributed by atoms with Crippen LogP contribution in [0, 0.1) is 0 Å². The van der Waals surface area contributed by atoms with Gasteiger partial charge in [0.1, 0.15) is 25.2 Å². The van der Waals surface area contributed by atoms with Crippen LogP contribution in [0.2, 0.25) is 0 Å². The maximum Gasteiger partial charge on any atom is 0.335 e. The largest absolute Gasteiger partial charge is 0.492 e. The van der Waals surface area contributed by atoms with Crippen LogP contribution in [0.25, 0.3) is 0 Å². The molecule has 3 aromatic carbocycles. The van der Waals surface area contributed by atoms with Crippen LogP contribution in [0.5, 0.6) is 5.75 Å². The Morgan fingerprint density at radius 1 is 0.955 bits per heavy atom. The number of aromatic carboxylic acids is 1. The quantitative estimate of drug-likeness (QED) is 0.139. The van der Waals surface area contributed by atoms with Crippen molar-refractivity contribution in [2.45, 2.75) is 52.1 Å². The number of nitrogens with zero attached hydrogens (tertiary/aromatic N) is 2. The molecular formula is C35H42N2O7. The zero-order valence-electron chi connectivity index (χ0n) is 26.2. The number of benzene rings is 3. The van der Waals surface area contributed by atoms with Crippen LogP contribution >= 0.6 is 0 Å². The molecule has 1 aliphatic rings. The number of carboxylic acids is 1. The lowest BCUT2D eigenvalue weighted by molar-refractivity contribution is -0.156. The third-order valence-corrected chi connectivity index (χ3v) is 7.83. The standard InChI is InChI=1S/C35H42N2O7/c1-6-42-31(34(40)43-7-2)22-24-8-15-28(16-9-24)44-21-20-37-19-18-35(3,4)29-23-27(14-17-30(29)37)32(36-41-5)25-10-12-26(13-11-25)33(38)39/h8-17,23,31H,6-7,18-22H2,1-5H3,(H,38,39)/b36-32+/t31-/m0/s1. The van der Waals surface area contributed by atoms with E-state index in [1.807, 2.05) is 37.3 Å². The van der Waals surface area contributed by atoms with E-state index in [4.69, 9.17) is 19.0 Å². The molecule has 1 atom stereocenters. The Kier molecular flexibility index (Phi) is 11.0. The van der Waals surface area contributed by atoms with Gasteiger partial charge in [-0.05, 0) is 73.2 Å². The number of fused-ring (bicyclic) bond motifs is 1. The van der Waals surface area contributed by atoms with Crippen LogP contribution in [-0.4, -0.2) is 68.9 Å². The van der Waals surface area contributed by atoms with Crippen molar-refractivity contribution in [3.05, 3.63) is 94.5 Å². The Hall–Kier alpha value is -4.37. The van der Waals surface area contributed by atoms with E-state index in [1.54, 1.807) is 31.2 Å². The molecule has 44 heavy (non-hydrogen) atoms. The van der Waals surface area contributed by atoms with E-state index in [0.717, 1.165) is 47.6 Å². The van der Waals surface area contributed by atoms with Crippen molar-refractivity contribution >= 4 is 23.3 Å². The number of ether oxygens (including phenoxy) is 3. The first kappa shape index (κ1) is 32.5. The Morgan fingerprint density at radius 3 is 2.27 bits per heavy atom. The summed E-state index contributed by atoms with van der Waals surface area (Å²) in [5.41, 5.74) is 5.82. The fourth-order valence-electron chi connectivity index (χ4n) is 5.39. The predicted octanol–water partition coefficient (Wildman–Crippen LogP) is 5.86. The maximum atomic E-state index is 12.2. The number of rotatable bonds is 14. The second kappa shape index (κ2) is 14.9. The summed E-state index contributed by atoms with van der Waals surface area (Å²) >= 11 is 0. The maximum absolute atomic E-state index is 12.2. The number of esters is 1. The molecule has 0 aliphatic carbocycles. The molecule has 1 N–H and O–H groups in total. The molecule has 0 spiro atoms. The summed E-state index contributed by atoms with van der Waals surface area (Å²) in [5.74, 6) is -0.552. The highest BCUT2D eigenvalue weighted by atomic mass is 16.6. The van der Waals surface area contributed by atoms with Crippen molar-refractivity contribution in [1.29, 1.82) is 0 Å². The lowest BCUT2D eigenvalue weighted by atomic mass is 9.76. The summed E-state index contributed by atoms with van der Waals surface area (Å²) in [6.45, 7) is 11.0. The molecule has 234 valence electrons. The zero-order valence-corrected chi connectivity index (χ0v) is 26.2. The molecule has 0 aromatic heterocycles. The summed E-state index contributed by atoms with van der Waals surface area (Å²) in [6.07, 6.45) is 0.800. The van der Waals surface area contributed by atoms with E-state index in [0.29, 0.717) is 32.0 Å². The molecule has 9 heteroatoms. The van der Waals surface area contributed by atoms with Crippen LogP contribution in [0.3, 0.4) is 0 Å². The number of carboxylic acid groups (broad SMARTS) is 1. The van der Waals surface area contributed by atoms with Gasteiger partial charge in [0.2, 0.25) is 0 Å². The molecule has 3 aromatic rings. The zero-order chi connectivity index (χ0) is 31.7. The van der Waals surface area contributed by atoms with Gasteiger partial charge < -0.3 is 29.1 Å². The monoisotopic (exact) mass is 602 g/mol. The predicted molar refractivity (Wildman–Crippen MR) is 170 cm³/mol. The minimum Gasteiger partial charge on any atom is -0.492 e. The molecule has 0 saturated heterocycles. The van der Waals surface area contributed by atoms with Gasteiger partial charge in [-0.3, -0.25) is 0 Å². The van der Waals surface area contributed by atoms with Crippen molar-refractivity contribution in [3.63, 3.8) is 0 Å². The van der Waals surface area contributed by atoms with Crippen LogP contribution in [0.4, 0.5) is 5.69 Å². The molecule has 4 rings (SSSR count). The smallest absolute Gasteiger partial charge is 0.335 e. The van der Waals surface area contributed by atoms with Crippen molar-refractivity contribution in [3.8, 4) is 5.75 Å². The lowest BCUT2D eigenvalue weighted by Crippen LogP contribution is -2.39. The second-order valence-electron chi connectivity index (χ2n) is 11.3. The van der Waals surface area contributed by atoms with Crippen molar-refractivity contribution in [2.75, 3.05) is 44.9 Å². The van der Waals surface area contributed by atoms with E-state index in [2.05, 4.69) is 36.0 Å². The molecule has 1 heterocycles. The Balaban J connectivity index is 1.44. The van der Waals surface area contributed by atoms with E-state index >= 15 is 0 Å².